The maximum atomic E-state index is 15.0. The second-order valence-electron chi connectivity index (χ2n) is 8.88. The van der Waals surface area contributed by atoms with E-state index in [4.69, 9.17) is 9.52 Å². The number of hydrogen-bond donors (Lipinski definition) is 2. The van der Waals surface area contributed by atoms with Gasteiger partial charge in [-0.3, -0.25) is 9.59 Å². The van der Waals surface area contributed by atoms with Gasteiger partial charge in [-0.25, -0.2) is 4.39 Å². The number of furan rings is 1. The predicted octanol–water partition coefficient (Wildman–Crippen LogP) is 6.14. The summed E-state index contributed by atoms with van der Waals surface area (Å²) in [5, 5.41) is 12.1. The first-order valence-corrected chi connectivity index (χ1v) is 11.3. The highest BCUT2D eigenvalue weighted by Gasteiger charge is 2.22. The van der Waals surface area contributed by atoms with Gasteiger partial charge in [0.1, 0.15) is 17.3 Å². The molecule has 1 heterocycles. The van der Waals surface area contributed by atoms with Crippen LogP contribution in [0.1, 0.15) is 54.4 Å². The molecule has 1 atom stereocenters. The van der Waals surface area contributed by atoms with Crippen molar-refractivity contribution in [1.82, 2.24) is 4.90 Å². The van der Waals surface area contributed by atoms with Gasteiger partial charge < -0.3 is 19.7 Å². The van der Waals surface area contributed by atoms with Gasteiger partial charge in [0.25, 0.3) is 5.91 Å². The Hall–Kier alpha value is -3.61. The third kappa shape index (κ3) is 6.25. The van der Waals surface area contributed by atoms with Crippen molar-refractivity contribution >= 4 is 17.6 Å². The Morgan fingerprint density at radius 2 is 1.82 bits per heavy atom. The highest BCUT2D eigenvalue weighted by molar-refractivity contribution is 5.94. The van der Waals surface area contributed by atoms with Gasteiger partial charge >= 0.3 is 5.97 Å². The second-order valence-corrected chi connectivity index (χ2v) is 8.88. The van der Waals surface area contributed by atoms with Crippen LogP contribution in [0.25, 0.3) is 11.3 Å². The Bertz CT molecular complexity index is 1140. The van der Waals surface area contributed by atoms with E-state index < -0.39 is 17.7 Å². The maximum absolute atomic E-state index is 15.0. The van der Waals surface area contributed by atoms with Crippen LogP contribution in [0, 0.1) is 18.7 Å². The molecule has 2 N–H and O–H groups in total. The van der Waals surface area contributed by atoms with E-state index in [0.29, 0.717) is 5.92 Å². The number of rotatable bonds is 10. The number of amides is 1. The van der Waals surface area contributed by atoms with Crippen LogP contribution in [0.3, 0.4) is 0 Å². The number of nitrogens with zero attached hydrogens (tertiary/aromatic N) is 1. The van der Waals surface area contributed by atoms with Crippen molar-refractivity contribution in [2.75, 3.05) is 18.9 Å². The monoisotopic (exact) mass is 466 g/mol. The third-order valence-corrected chi connectivity index (χ3v) is 5.65. The average molecular weight is 467 g/mol. The average Bonchev–Trinajstić information content (AvgIpc) is 3.19. The number of carboxylic acids is 1. The topological polar surface area (TPSA) is 82.8 Å². The SMILES string of the molecule is Cc1oc(-c2ccccc2)cc1C(CC(C)C)Nc1ccc(C(=O)N(C)CCC(=O)O)cc1F. The summed E-state index contributed by atoms with van der Waals surface area (Å²) in [7, 11) is 1.50. The van der Waals surface area contributed by atoms with E-state index in [1.165, 1.54) is 18.0 Å². The first kappa shape index (κ1) is 25.0. The van der Waals surface area contributed by atoms with Crippen LogP contribution in [0.5, 0.6) is 0 Å². The molecule has 0 aliphatic rings. The largest absolute Gasteiger partial charge is 0.481 e. The summed E-state index contributed by atoms with van der Waals surface area (Å²) in [5.74, 6) is -0.0941. The minimum atomic E-state index is -0.994. The highest BCUT2D eigenvalue weighted by atomic mass is 19.1. The van der Waals surface area contributed by atoms with E-state index in [-0.39, 0.29) is 30.3 Å². The molecular weight excluding hydrogens is 435 g/mol. The van der Waals surface area contributed by atoms with Gasteiger partial charge in [0, 0.05) is 30.3 Å². The molecule has 6 nitrogen and oxygen atoms in total. The molecular formula is C27H31FN2O4. The molecule has 1 amide bonds. The van der Waals surface area contributed by atoms with Crippen molar-refractivity contribution in [3.63, 3.8) is 0 Å². The summed E-state index contributed by atoms with van der Waals surface area (Å²) in [6.07, 6.45) is 0.586. The molecule has 180 valence electrons. The molecule has 1 unspecified atom stereocenters. The fourth-order valence-corrected chi connectivity index (χ4v) is 3.86. The maximum Gasteiger partial charge on any atom is 0.305 e. The zero-order valence-corrected chi connectivity index (χ0v) is 20.0. The number of aryl methyl sites for hydroxylation is 1. The molecule has 0 saturated heterocycles. The molecule has 1 aromatic heterocycles. The van der Waals surface area contributed by atoms with Crippen molar-refractivity contribution < 1.29 is 23.5 Å². The zero-order chi connectivity index (χ0) is 24.8. The summed E-state index contributed by atoms with van der Waals surface area (Å²) in [6, 6.07) is 15.9. The van der Waals surface area contributed by atoms with Gasteiger partial charge in [-0.2, -0.15) is 0 Å². The lowest BCUT2D eigenvalue weighted by molar-refractivity contribution is -0.137. The molecule has 34 heavy (non-hydrogen) atoms. The van der Waals surface area contributed by atoms with Crippen molar-refractivity contribution in [3.05, 3.63) is 77.3 Å². The standard InChI is InChI=1S/C27H31FN2O4/c1-17(2)14-24(21-16-25(34-18(21)3)19-8-6-5-7-9-19)29-23-11-10-20(15-22(23)28)27(33)30(4)13-12-26(31)32/h5-11,15-17,24,29H,12-14H2,1-4H3,(H,31,32). The summed E-state index contributed by atoms with van der Waals surface area (Å²) >= 11 is 0. The molecule has 0 aliphatic heterocycles. The minimum Gasteiger partial charge on any atom is -0.481 e. The lowest BCUT2D eigenvalue weighted by Gasteiger charge is -2.22. The van der Waals surface area contributed by atoms with E-state index in [0.717, 1.165) is 29.1 Å². The quantitative estimate of drug-likeness (QED) is 0.375. The summed E-state index contributed by atoms with van der Waals surface area (Å²) in [6.45, 7) is 6.16. The summed E-state index contributed by atoms with van der Waals surface area (Å²) < 4.78 is 21.0. The van der Waals surface area contributed by atoms with Crippen LogP contribution >= 0.6 is 0 Å². The number of aliphatic carboxylic acids is 1. The molecule has 3 aromatic rings. The second kappa shape index (κ2) is 11.0. The lowest BCUT2D eigenvalue weighted by atomic mass is 9.96. The Morgan fingerprint density at radius 3 is 2.44 bits per heavy atom. The van der Waals surface area contributed by atoms with Gasteiger partial charge in [0.05, 0.1) is 18.2 Å². The molecule has 0 spiro atoms. The highest BCUT2D eigenvalue weighted by Crippen LogP contribution is 2.34. The molecule has 3 rings (SSSR count). The molecule has 0 aliphatic carbocycles. The predicted molar refractivity (Wildman–Crippen MR) is 130 cm³/mol. The van der Waals surface area contributed by atoms with Gasteiger partial charge in [-0.15, -0.1) is 0 Å². The van der Waals surface area contributed by atoms with Crippen LogP contribution in [0.2, 0.25) is 0 Å². The van der Waals surface area contributed by atoms with Gasteiger partial charge in [-0.05, 0) is 43.5 Å². The molecule has 2 aromatic carbocycles. The number of hydrogen-bond acceptors (Lipinski definition) is 4. The van der Waals surface area contributed by atoms with E-state index >= 15 is 4.39 Å². The number of nitrogens with one attached hydrogen (secondary N) is 1. The number of carboxylic acid groups (broad SMARTS) is 1. The third-order valence-electron chi connectivity index (χ3n) is 5.65. The first-order valence-electron chi connectivity index (χ1n) is 11.3. The van der Waals surface area contributed by atoms with Gasteiger partial charge in [0.2, 0.25) is 0 Å². The van der Waals surface area contributed by atoms with Crippen molar-refractivity contribution in [3.8, 4) is 11.3 Å². The van der Waals surface area contributed by atoms with Crippen molar-refractivity contribution in [2.45, 2.75) is 39.7 Å². The molecule has 0 radical (unpaired) electrons. The number of halogens is 1. The Kier molecular flexibility index (Phi) is 8.10. The minimum absolute atomic E-state index is 0.0514. The molecule has 0 saturated carbocycles. The number of carbonyl (C=O) groups is 2. The Labute approximate surface area is 199 Å². The normalized spacial score (nSPS) is 11.9. The first-order chi connectivity index (χ1) is 16.2. The lowest BCUT2D eigenvalue weighted by Crippen LogP contribution is -2.29. The van der Waals surface area contributed by atoms with Crippen LogP contribution in [-0.2, 0) is 4.79 Å². The van der Waals surface area contributed by atoms with Crippen LogP contribution < -0.4 is 5.32 Å². The van der Waals surface area contributed by atoms with Crippen LogP contribution in [-0.4, -0.2) is 35.5 Å². The van der Waals surface area contributed by atoms with E-state index in [2.05, 4.69) is 19.2 Å². The zero-order valence-electron chi connectivity index (χ0n) is 20.0. The van der Waals surface area contributed by atoms with Gasteiger partial charge in [-0.1, -0.05) is 44.2 Å². The van der Waals surface area contributed by atoms with E-state index in [1.807, 2.05) is 43.3 Å². The summed E-state index contributed by atoms with van der Waals surface area (Å²) in [4.78, 5) is 24.6. The van der Waals surface area contributed by atoms with Crippen molar-refractivity contribution in [2.24, 2.45) is 5.92 Å². The molecule has 0 bridgehead atoms. The van der Waals surface area contributed by atoms with Gasteiger partial charge in [0.15, 0.2) is 0 Å². The van der Waals surface area contributed by atoms with Crippen molar-refractivity contribution in [1.29, 1.82) is 0 Å². The summed E-state index contributed by atoms with van der Waals surface area (Å²) in [5.41, 5.74) is 2.39. The Morgan fingerprint density at radius 1 is 1.12 bits per heavy atom. The number of benzene rings is 2. The smallest absolute Gasteiger partial charge is 0.305 e. The van der Waals surface area contributed by atoms with Crippen LogP contribution in [0.4, 0.5) is 10.1 Å². The number of anilines is 1. The fraction of sp³-hybridized carbons (Fsp3) is 0.333. The number of carbonyl (C=O) groups excluding carboxylic acids is 1. The molecule has 0 fully saturated rings. The Balaban J connectivity index is 1.83. The van der Waals surface area contributed by atoms with E-state index in [9.17, 15) is 9.59 Å². The fourth-order valence-electron chi connectivity index (χ4n) is 3.86. The molecule has 7 heteroatoms. The van der Waals surface area contributed by atoms with Crippen LogP contribution in [0.15, 0.2) is 59.0 Å². The van der Waals surface area contributed by atoms with E-state index in [1.54, 1.807) is 12.1 Å².